The van der Waals surface area contributed by atoms with Crippen molar-refractivity contribution in [2.24, 2.45) is 0 Å². The second kappa shape index (κ2) is 7.55. The van der Waals surface area contributed by atoms with Gasteiger partial charge in [0.25, 0.3) is 0 Å². The minimum absolute atomic E-state index is 0.167. The first kappa shape index (κ1) is 15.2. The molecule has 2 aromatic rings. The van der Waals surface area contributed by atoms with E-state index in [1.165, 1.54) is 0 Å². The van der Waals surface area contributed by atoms with Crippen LogP contribution in [-0.2, 0) is 4.74 Å². The van der Waals surface area contributed by atoms with Crippen molar-refractivity contribution < 1.29 is 14.3 Å². The number of para-hydroxylation sites is 1. The minimum atomic E-state index is -0.531. The molecule has 2 rings (SSSR count). The van der Waals surface area contributed by atoms with Gasteiger partial charge in [-0.25, -0.2) is 4.79 Å². The van der Waals surface area contributed by atoms with Crippen molar-refractivity contribution in [2.75, 3.05) is 18.5 Å². The Labute approximate surface area is 128 Å². The number of rotatable bonds is 5. The number of nitrogens with one attached hydrogen (secondary N) is 1. The Balaban J connectivity index is 1.74. The molecule has 1 amide bonds. The first-order valence-electron chi connectivity index (χ1n) is 6.53. The molecule has 0 aliphatic heterocycles. The zero-order chi connectivity index (χ0) is 15.1. The Morgan fingerprint density at radius 1 is 1.14 bits per heavy atom. The molecule has 0 aliphatic rings. The van der Waals surface area contributed by atoms with Crippen molar-refractivity contribution in [2.45, 2.75) is 6.92 Å². The van der Waals surface area contributed by atoms with E-state index in [1.807, 2.05) is 43.3 Å². The van der Waals surface area contributed by atoms with E-state index < -0.39 is 6.09 Å². The van der Waals surface area contributed by atoms with E-state index in [1.54, 1.807) is 12.1 Å². The summed E-state index contributed by atoms with van der Waals surface area (Å²) in [7, 11) is 0. The average molecular weight is 306 g/mol. The highest BCUT2D eigenvalue weighted by Gasteiger charge is 2.06. The van der Waals surface area contributed by atoms with Crippen LogP contribution in [0, 0.1) is 6.92 Å². The fourth-order valence-corrected chi connectivity index (χ4v) is 1.86. The quantitative estimate of drug-likeness (QED) is 0.839. The van der Waals surface area contributed by atoms with Crippen LogP contribution in [0.5, 0.6) is 5.75 Å². The molecule has 21 heavy (non-hydrogen) atoms. The molecule has 0 fully saturated rings. The summed E-state index contributed by atoms with van der Waals surface area (Å²) in [6.07, 6.45) is -0.531. The normalized spacial score (nSPS) is 10.0. The summed E-state index contributed by atoms with van der Waals surface area (Å²) in [5.74, 6) is 0.743. The van der Waals surface area contributed by atoms with Crippen LogP contribution < -0.4 is 10.1 Å². The number of carbonyl (C=O) groups is 1. The first-order chi connectivity index (χ1) is 10.1. The standard InChI is InChI=1S/C16H16ClNO3/c1-12-7-8-13(17)11-15(12)18-16(19)21-10-9-20-14-5-3-2-4-6-14/h2-8,11H,9-10H2,1H3,(H,18,19). The summed E-state index contributed by atoms with van der Waals surface area (Å²) in [6, 6.07) is 14.6. The lowest BCUT2D eigenvalue weighted by Crippen LogP contribution is -2.18. The highest BCUT2D eigenvalue weighted by molar-refractivity contribution is 6.30. The summed E-state index contributed by atoms with van der Waals surface area (Å²) in [6.45, 7) is 2.34. The van der Waals surface area contributed by atoms with E-state index in [2.05, 4.69) is 5.32 Å². The van der Waals surface area contributed by atoms with Gasteiger partial charge in [-0.1, -0.05) is 35.9 Å². The maximum atomic E-state index is 11.7. The van der Waals surface area contributed by atoms with E-state index in [4.69, 9.17) is 21.1 Å². The molecule has 0 unspecified atom stereocenters. The molecule has 110 valence electrons. The van der Waals surface area contributed by atoms with Gasteiger partial charge in [-0.15, -0.1) is 0 Å². The molecule has 0 bridgehead atoms. The minimum Gasteiger partial charge on any atom is -0.490 e. The van der Waals surface area contributed by atoms with Crippen LogP contribution in [0.1, 0.15) is 5.56 Å². The topological polar surface area (TPSA) is 47.6 Å². The molecule has 1 N–H and O–H groups in total. The van der Waals surface area contributed by atoms with E-state index in [-0.39, 0.29) is 6.61 Å². The fraction of sp³-hybridized carbons (Fsp3) is 0.188. The number of benzene rings is 2. The summed E-state index contributed by atoms with van der Waals surface area (Å²) < 4.78 is 10.5. The molecule has 2 aromatic carbocycles. The molecule has 0 saturated heterocycles. The summed E-state index contributed by atoms with van der Waals surface area (Å²) in [5.41, 5.74) is 1.55. The van der Waals surface area contributed by atoms with Gasteiger partial charge in [0.1, 0.15) is 19.0 Å². The van der Waals surface area contributed by atoms with Gasteiger partial charge in [0.15, 0.2) is 0 Å². The van der Waals surface area contributed by atoms with Crippen LogP contribution >= 0.6 is 11.6 Å². The maximum absolute atomic E-state index is 11.7. The van der Waals surface area contributed by atoms with Crippen LogP contribution in [0.25, 0.3) is 0 Å². The number of halogens is 1. The van der Waals surface area contributed by atoms with Gasteiger partial charge in [-0.05, 0) is 36.8 Å². The van der Waals surface area contributed by atoms with E-state index in [0.29, 0.717) is 17.3 Å². The Kier molecular flexibility index (Phi) is 5.46. The zero-order valence-corrected chi connectivity index (χ0v) is 12.4. The molecule has 0 atom stereocenters. The summed E-state index contributed by atoms with van der Waals surface area (Å²) in [5, 5.41) is 3.21. The van der Waals surface area contributed by atoms with Gasteiger partial charge in [-0.3, -0.25) is 5.32 Å². The number of ether oxygens (including phenoxy) is 2. The molecule has 0 aromatic heterocycles. The number of hydrogen-bond acceptors (Lipinski definition) is 3. The van der Waals surface area contributed by atoms with Gasteiger partial charge < -0.3 is 9.47 Å². The molecule has 0 aliphatic carbocycles. The van der Waals surface area contributed by atoms with Crippen molar-refractivity contribution in [1.82, 2.24) is 0 Å². The SMILES string of the molecule is Cc1ccc(Cl)cc1NC(=O)OCCOc1ccccc1. The lowest BCUT2D eigenvalue weighted by molar-refractivity contribution is 0.138. The van der Waals surface area contributed by atoms with Crippen molar-refractivity contribution in [1.29, 1.82) is 0 Å². The lowest BCUT2D eigenvalue weighted by atomic mass is 10.2. The van der Waals surface area contributed by atoms with Gasteiger partial charge in [0, 0.05) is 10.7 Å². The highest BCUT2D eigenvalue weighted by atomic mass is 35.5. The third-order valence-corrected chi connectivity index (χ3v) is 3.00. The molecular formula is C16H16ClNO3. The predicted molar refractivity (Wildman–Crippen MR) is 83.1 cm³/mol. The molecule has 0 saturated carbocycles. The number of aryl methyl sites for hydroxylation is 1. The molecule has 0 heterocycles. The fourth-order valence-electron chi connectivity index (χ4n) is 1.69. The molecule has 0 radical (unpaired) electrons. The Hall–Kier alpha value is -2.20. The van der Waals surface area contributed by atoms with Crippen molar-refractivity contribution in [3.8, 4) is 5.75 Å². The van der Waals surface area contributed by atoms with E-state index in [0.717, 1.165) is 11.3 Å². The highest BCUT2D eigenvalue weighted by Crippen LogP contribution is 2.20. The van der Waals surface area contributed by atoms with Crippen molar-refractivity contribution in [3.63, 3.8) is 0 Å². The molecule has 5 heteroatoms. The Morgan fingerprint density at radius 2 is 1.90 bits per heavy atom. The third-order valence-electron chi connectivity index (χ3n) is 2.76. The van der Waals surface area contributed by atoms with E-state index in [9.17, 15) is 4.79 Å². The predicted octanol–water partition coefficient (Wildman–Crippen LogP) is 4.28. The van der Waals surface area contributed by atoms with Crippen molar-refractivity contribution in [3.05, 3.63) is 59.1 Å². The van der Waals surface area contributed by atoms with Crippen LogP contribution in [0.2, 0.25) is 5.02 Å². The van der Waals surface area contributed by atoms with Gasteiger partial charge in [-0.2, -0.15) is 0 Å². The van der Waals surface area contributed by atoms with Crippen LogP contribution in [0.15, 0.2) is 48.5 Å². The van der Waals surface area contributed by atoms with Crippen LogP contribution in [-0.4, -0.2) is 19.3 Å². The van der Waals surface area contributed by atoms with Gasteiger partial charge in [0.2, 0.25) is 0 Å². The number of carbonyl (C=O) groups excluding carboxylic acids is 1. The number of hydrogen-bond donors (Lipinski definition) is 1. The zero-order valence-electron chi connectivity index (χ0n) is 11.6. The average Bonchev–Trinajstić information content (AvgIpc) is 2.48. The number of amides is 1. The molecule has 0 spiro atoms. The van der Waals surface area contributed by atoms with Gasteiger partial charge >= 0.3 is 6.09 Å². The van der Waals surface area contributed by atoms with Gasteiger partial charge in [0.05, 0.1) is 0 Å². The monoisotopic (exact) mass is 305 g/mol. The van der Waals surface area contributed by atoms with Crippen molar-refractivity contribution >= 4 is 23.4 Å². The maximum Gasteiger partial charge on any atom is 0.411 e. The molecule has 4 nitrogen and oxygen atoms in total. The van der Waals surface area contributed by atoms with Crippen LogP contribution in [0.4, 0.5) is 10.5 Å². The first-order valence-corrected chi connectivity index (χ1v) is 6.91. The number of anilines is 1. The second-order valence-electron chi connectivity index (χ2n) is 4.38. The van der Waals surface area contributed by atoms with E-state index >= 15 is 0 Å². The summed E-state index contributed by atoms with van der Waals surface area (Å²) >= 11 is 5.88. The lowest BCUT2D eigenvalue weighted by Gasteiger charge is -2.10. The smallest absolute Gasteiger partial charge is 0.411 e. The van der Waals surface area contributed by atoms with Crippen LogP contribution in [0.3, 0.4) is 0 Å². The Bertz CT molecular complexity index is 602. The summed E-state index contributed by atoms with van der Waals surface area (Å²) in [4.78, 5) is 11.7. The molecular weight excluding hydrogens is 290 g/mol. The second-order valence-corrected chi connectivity index (χ2v) is 4.82. The third kappa shape index (κ3) is 5.00. The Morgan fingerprint density at radius 3 is 2.67 bits per heavy atom. The largest absolute Gasteiger partial charge is 0.490 e.